The van der Waals surface area contributed by atoms with E-state index in [2.05, 4.69) is 28.3 Å². The molecule has 0 saturated heterocycles. The fraction of sp³-hybridized carbons (Fsp3) is 0.632. The van der Waals surface area contributed by atoms with Crippen molar-refractivity contribution in [2.45, 2.75) is 50.6 Å². The van der Waals surface area contributed by atoms with Crippen molar-refractivity contribution in [1.82, 2.24) is 10.2 Å². The molecule has 6 heteroatoms. The summed E-state index contributed by atoms with van der Waals surface area (Å²) in [6, 6.07) is 9.06. The Morgan fingerprint density at radius 3 is 2.80 bits per heavy atom. The Kier molecular flexibility index (Phi) is 8.29. The minimum absolute atomic E-state index is 0. The number of ether oxygens (including phenoxy) is 1. The van der Waals surface area contributed by atoms with Gasteiger partial charge in [-0.1, -0.05) is 37.5 Å². The van der Waals surface area contributed by atoms with E-state index in [1.54, 1.807) is 0 Å². The van der Waals surface area contributed by atoms with Gasteiger partial charge in [0.05, 0.1) is 19.2 Å². The van der Waals surface area contributed by atoms with Crippen molar-refractivity contribution < 1.29 is 4.74 Å². The number of nitrogens with zero attached hydrogens (tertiary/aromatic N) is 2. The first-order valence-corrected chi connectivity index (χ1v) is 9.22. The first kappa shape index (κ1) is 20.3. The lowest BCUT2D eigenvalue weighted by atomic mass is 9.94. The Labute approximate surface area is 168 Å². The lowest BCUT2D eigenvalue weighted by Gasteiger charge is -2.30. The number of rotatable bonds is 5. The lowest BCUT2D eigenvalue weighted by molar-refractivity contribution is 0.196. The summed E-state index contributed by atoms with van der Waals surface area (Å²) < 4.78 is 5.69. The third-order valence-electron chi connectivity index (χ3n) is 5.21. The molecule has 0 radical (unpaired) electrons. The second-order valence-corrected chi connectivity index (χ2v) is 6.91. The molecule has 1 aliphatic heterocycles. The molecule has 0 amide bonds. The van der Waals surface area contributed by atoms with Crippen LogP contribution in [0.1, 0.15) is 50.1 Å². The van der Waals surface area contributed by atoms with E-state index in [1.807, 2.05) is 18.2 Å². The predicted octanol–water partition coefficient (Wildman–Crippen LogP) is 3.30. The molecule has 0 bridgehead atoms. The monoisotopic (exact) mass is 458 g/mol. The van der Waals surface area contributed by atoms with Gasteiger partial charge >= 0.3 is 0 Å². The molecule has 1 aromatic carbocycles. The molecule has 2 aliphatic rings. The number of halogens is 1. The first-order chi connectivity index (χ1) is 11.7. The molecule has 1 heterocycles. The van der Waals surface area contributed by atoms with Crippen LogP contribution in [0.25, 0.3) is 0 Å². The van der Waals surface area contributed by atoms with Crippen molar-refractivity contribution in [2.75, 3.05) is 26.7 Å². The average molecular weight is 458 g/mol. The second kappa shape index (κ2) is 10.2. The maximum atomic E-state index is 6.11. The SMILES string of the molecule is CN(CCN=C(N)NC1CCOc2ccccc21)C1CCCCC1.I. The highest BCUT2D eigenvalue weighted by Crippen LogP contribution is 2.31. The number of nitrogens with one attached hydrogen (secondary N) is 1. The highest BCUT2D eigenvalue weighted by atomic mass is 127. The van der Waals surface area contributed by atoms with E-state index in [9.17, 15) is 0 Å². The molecule has 0 spiro atoms. The van der Waals surface area contributed by atoms with Crippen LogP contribution >= 0.6 is 24.0 Å². The first-order valence-electron chi connectivity index (χ1n) is 9.22. The van der Waals surface area contributed by atoms with Crippen LogP contribution in [0, 0.1) is 0 Å². The largest absolute Gasteiger partial charge is 0.493 e. The van der Waals surface area contributed by atoms with Crippen LogP contribution in [0.2, 0.25) is 0 Å². The summed E-state index contributed by atoms with van der Waals surface area (Å²) in [7, 11) is 2.21. The second-order valence-electron chi connectivity index (χ2n) is 6.91. The molecular weight excluding hydrogens is 427 g/mol. The van der Waals surface area contributed by atoms with Crippen molar-refractivity contribution in [2.24, 2.45) is 10.7 Å². The summed E-state index contributed by atoms with van der Waals surface area (Å²) in [6.45, 7) is 2.43. The maximum absolute atomic E-state index is 6.11. The number of nitrogens with two attached hydrogens (primary N) is 1. The van der Waals surface area contributed by atoms with Gasteiger partial charge < -0.3 is 20.7 Å². The average Bonchev–Trinajstić information content (AvgIpc) is 2.63. The highest BCUT2D eigenvalue weighted by molar-refractivity contribution is 14.0. The van der Waals surface area contributed by atoms with Crippen molar-refractivity contribution in [3.63, 3.8) is 0 Å². The molecule has 1 unspecified atom stereocenters. The van der Waals surface area contributed by atoms with Gasteiger partial charge in [-0.25, -0.2) is 0 Å². The number of benzene rings is 1. The van der Waals surface area contributed by atoms with E-state index < -0.39 is 0 Å². The van der Waals surface area contributed by atoms with Gasteiger partial charge in [-0.15, -0.1) is 24.0 Å². The number of hydrogen-bond donors (Lipinski definition) is 2. The minimum Gasteiger partial charge on any atom is -0.493 e. The van der Waals surface area contributed by atoms with E-state index in [0.29, 0.717) is 12.6 Å². The van der Waals surface area contributed by atoms with Crippen LogP contribution < -0.4 is 15.8 Å². The third kappa shape index (κ3) is 5.74. The Bertz CT molecular complexity index is 560. The Balaban J connectivity index is 0.00000225. The van der Waals surface area contributed by atoms with Gasteiger partial charge in [-0.05, 0) is 26.0 Å². The molecule has 1 saturated carbocycles. The summed E-state index contributed by atoms with van der Waals surface area (Å²) in [6.07, 6.45) is 7.69. The van der Waals surface area contributed by atoms with E-state index in [4.69, 9.17) is 10.5 Å². The molecule has 5 nitrogen and oxygen atoms in total. The lowest BCUT2D eigenvalue weighted by Crippen LogP contribution is -2.39. The van der Waals surface area contributed by atoms with Crippen molar-refractivity contribution in [3.05, 3.63) is 29.8 Å². The molecule has 1 fully saturated rings. The van der Waals surface area contributed by atoms with Crippen molar-refractivity contribution in [1.29, 1.82) is 0 Å². The van der Waals surface area contributed by atoms with Crippen molar-refractivity contribution in [3.8, 4) is 5.75 Å². The quantitative estimate of drug-likeness (QED) is 0.404. The standard InChI is InChI=1S/C19H30N4O.HI/c1-23(15-7-3-2-4-8-15)13-12-21-19(20)22-17-11-14-24-18-10-6-5-9-16(17)18;/h5-6,9-10,15,17H,2-4,7-8,11-14H2,1H3,(H3,20,21,22);1H. The normalized spacial score (nSPS) is 21.2. The van der Waals surface area contributed by atoms with Gasteiger partial charge in [0.2, 0.25) is 0 Å². The fourth-order valence-electron chi connectivity index (χ4n) is 3.75. The van der Waals surface area contributed by atoms with E-state index in [0.717, 1.165) is 31.3 Å². The van der Waals surface area contributed by atoms with Crippen LogP contribution in [0.5, 0.6) is 5.75 Å². The van der Waals surface area contributed by atoms with Crippen LogP contribution in [0.4, 0.5) is 0 Å². The van der Waals surface area contributed by atoms with Gasteiger partial charge in [0.25, 0.3) is 0 Å². The van der Waals surface area contributed by atoms with Gasteiger partial charge in [0.1, 0.15) is 5.75 Å². The summed E-state index contributed by atoms with van der Waals surface area (Å²) in [5.74, 6) is 1.49. The molecular formula is C19H31IN4O. The topological polar surface area (TPSA) is 62.9 Å². The third-order valence-corrected chi connectivity index (χ3v) is 5.21. The van der Waals surface area contributed by atoms with Crippen LogP contribution in [-0.2, 0) is 0 Å². The zero-order valence-electron chi connectivity index (χ0n) is 15.1. The van der Waals surface area contributed by atoms with E-state index >= 15 is 0 Å². The Morgan fingerprint density at radius 2 is 2.00 bits per heavy atom. The zero-order chi connectivity index (χ0) is 16.8. The van der Waals surface area contributed by atoms with Gasteiger partial charge in [0, 0.05) is 24.6 Å². The van der Waals surface area contributed by atoms with E-state index in [1.165, 1.54) is 37.7 Å². The van der Waals surface area contributed by atoms with Gasteiger partial charge in [0.15, 0.2) is 5.96 Å². The number of hydrogen-bond acceptors (Lipinski definition) is 3. The fourth-order valence-corrected chi connectivity index (χ4v) is 3.75. The number of para-hydroxylation sites is 1. The predicted molar refractivity (Wildman–Crippen MR) is 114 cm³/mol. The zero-order valence-corrected chi connectivity index (χ0v) is 17.4. The van der Waals surface area contributed by atoms with Crippen molar-refractivity contribution >= 4 is 29.9 Å². The number of guanidine groups is 1. The molecule has 25 heavy (non-hydrogen) atoms. The molecule has 1 aromatic rings. The highest BCUT2D eigenvalue weighted by Gasteiger charge is 2.21. The molecule has 3 rings (SSSR count). The summed E-state index contributed by atoms with van der Waals surface area (Å²) in [4.78, 5) is 6.97. The number of aliphatic imine (C=N–C) groups is 1. The smallest absolute Gasteiger partial charge is 0.189 e. The summed E-state index contributed by atoms with van der Waals surface area (Å²) in [5.41, 5.74) is 7.27. The maximum Gasteiger partial charge on any atom is 0.189 e. The van der Waals surface area contributed by atoms with Crippen LogP contribution in [0.15, 0.2) is 29.3 Å². The molecule has 140 valence electrons. The number of fused-ring (bicyclic) bond motifs is 1. The molecule has 3 N–H and O–H groups in total. The summed E-state index contributed by atoms with van der Waals surface area (Å²) >= 11 is 0. The molecule has 1 aliphatic carbocycles. The van der Waals surface area contributed by atoms with Gasteiger partial charge in [-0.2, -0.15) is 0 Å². The van der Waals surface area contributed by atoms with E-state index in [-0.39, 0.29) is 30.0 Å². The van der Waals surface area contributed by atoms with Crippen LogP contribution in [-0.4, -0.2) is 43.6 Å². The number of likely N-dealkylation sites (N-methyl/N-ethyl adjacent to an activating group) is 1. The Morgan fingerprint density at radius 1 is 1.24 bits per heavy atom. The minimum atomic E-state index is 0. The molecule has 0 aromatic heterocycles. The van der Waals surface area contributed by atoms with Gasteiger partial charge in [-0.3, -0.25) is 4.99 Å². The molecule has 1 atom stereocenters. The summed E-state index contributed by atoms with van der Waals surface area (Å²) in [5, 5.41) is 3.36. The van der Waals surface area contributed by atoms with Crippen LogP contribution in [0.3, 0.4) is 0 Å². The Hall–Kier alpha value is -1.02.